The molecule has 0 aromatic carbocycles. The van der Waals surface area contributed by atoms with Crippen molar-refractivity contribution in [2.24, 2.45) is 11.8 Å². The number of amides is 2. The first-order chi connectivity index (χ1) is 17.2. The summed E-state index contributed by atoms with van der Waals surface area (Å²) in [5.74, 6) is -2.21. The lowest BCUT2D eigenvalue weighted by molar-refractivity contribution is -0.160. The number of likely N-dealkylation sites (tertiary alicyclic amines) is 1. The lowest BCUT2D eigenvalue weighted by Crippen LogP contribution is -2.57. The molecule has 0 saturated carbocycles. The summed E-state index contributed by atoms with van der Waals surface area (Å²) in [5, 5.41) is 9.09. The number of unbranched alkanes of at least 4 members (excludes halogenated alkanes) is 4. The Morgan fingerprint density at radius 1 is 1.19 bits per heavy atom. The van der Waals surface area contributed by atoms with E-state index < -0.39 is 35.0 Å². The van der Waals surface area contributed by atoms with Gasteiger partial charge in [-0.05, 0) is 59.3 Å². The summed E-state index contributed by atoms with van der Waals surface area (Å²) in [5.41, 5.74) is -1.87. The number of esters is 1. The van der Waals surface area contributed by atoms with E-state index in [-0.39, 0.29) is 31.1 Å². The molecule has 3 aliphatic rings. The van der Waals surface area contributed by atoms with Gasteiger partial charge in [0.25, 0.3) is 0 Å². The maximum atomic E-state index is 14.1. The maximum absolute atomic E-state index is 14.1. The minimum absolute atomic E-state index is 0.0766. The van der Waals surface area contributed by atoms with Crippen molar-refractivity contribution in [1.82, 2.24) is 9.80 Å². The fourth-order valence-electron chi connectivity index (χ4n) is 6.39. The lowest BCUT2D eigenvalue weighted by atomic mass is 9.66. The molecule has 1 N–H and O–H groups in total. The number of rotatable bonds is 15. The highest BCUT2D eigenvalue weighted by Gasteiger charge is 2.78. The summed E-state index contributed by atoms with van der Waals surface area (Å²) in [6, 6.07) is -0.858. The van der Waals surface area contributed by atoms with Crippen LogP contribution in [0.4, 0.5) is 0 Å². The molecule has 3 heterocycles. The van der Waals surface area contributed by atoms with E-state index in [1.54, 1.807) is 22.0 Å². The largest absolute Gasteiger partial charge is 0.465 e. The van der Waals surface area contributed by atoms with Crippen molar-refractivity contribution in [3.63, 3.8) is 0 Å². The van der Waals surface area contributed by atoms with E-state index >= 15 is 0 Å². The van der Waals surface area contributed by atoms with E-state index in [2.05, 4.69) is 13.2 Å². The number of ether oxygens (including phenoxy) is 2. The number of aliphatic hydroxyl groups is 1. The third-order valence-electron chi connectivity index (χ3n) is 8.10. The molecule has 3 saturated heterocycles. The third kappa shape index (κ3) is 5.12. The summed E-state index contributed by atoms with van der Waals surface area (Å²) in [6.45, 7) is 14.5. The van der Waals surface area contributed by atoms with Gasteiger partial charge in [-0.15, -0.1) is 13.2 Å². The van der Waals surface area contributed by atoms with Crippen LogP contribution in [0.1, 0.15) is 72.1 Å². The van der Waals surface area contributed by atoms with Crippen molar-refractivity contribution in [3.8, 4) is 0 Å². The lowest BCUT2D eigenvalue weighted by Gasteiger charge is -2.38. The molecule has 1 spiro atoms. The predicted molar refractivity (Wildman–Crippen MR) is 137 cm³/mol. The van der Waals surface area contributed by atoms with Crippen LogP contribution < -0.4 is 0 Å². The van der Waals surface area contributed by atoms with Crippen LogP contribution in [0.2, 0.25) is 0 Å². The number of fused-ring (bicyclic) bond motifs is 1. The van der Waals surface area contributed by atoms with Crippen LogP contribution in [0.25, 0.3) is 0 Å². The van der Waals surface area contributed by atoms with E-state index in [4.69, 9.17) is 14.6 Å². The summed E-state index contributed by atoms with van der Waals surface area (Å²) >= 11 is 0. The highest BCUT2D eigenvalue weighted by molar-refractivity contribution is 5.98. The summed E-state index contributed by atoms with van der Waals surface area (Å²) < 4.78 is 12.2. The number of hydrogen-bond acceptors (Lipinski definition) is 6. The molecule has 5 atom stereocenters. The summed E-state index contributed by atoms with van der Waals surface area (Å²) in [6.07, 6.45) is 9.18. The molecule has 202 valence electrons. The third-order valence-corrected chi connectivity index (χ3v) is 8.10. The molecule has 0 aromatic rings. The molecular weight excluding hydrogens is 460 g/mol. The van der Waals surface area contributed by atoms with Crippen molar-refractivity contribution in [2.75, 3.05) is 26.3 Å². The van der Waals surface area contributed by atoms with E-state index in [1.807, 2.05) is 20.8 Å². The van der Waals surface area contributed by atoms with Gasteiger partial charge in [0.15, 0.2) is 0 Å². The quantitative estimate of drug-likeness (QED) is 0.209. The van der Waals surface area contributed by atoms with E-state index in [0.29, 0.717) is 38.8 Å². The van der Waals surface area contributed by atoms with Crippen LogP contribution in [0.3, 0.4) is 0 Å². The van der Waals surface area contributed by atoms with Gasteiger partial charge in [0.05, 0.1) is 18.1 Å². The first kappa shape index (κ1) is 28.4. The number of aliphatic hydroxyl groups excluding tert-OH is 1. The van der Waals surface area contributed by atoms with Crippen molar-refractivity contribution in [2.45, 2.75) is 95.4 Å². The van der Waals surface area contributed by atoms with Gasteiger partial charge in [0, 0.05) is 25.7 Å². The van der Waals surface area contributed by atoms with Gasteiger partial charge in [0.1, 0.15) is 17.6 Å². The van der Waals surface area contributed by atoms with Crippen LogP contribution in [-0.2, 0) is 23.9 Å². The minimum atomic E-state index is -1.03. The Morgan fingerprint density at radius 3 is 2.56 bits per heavy atom. The molecule has 3 fully saturated rings. The van der Waals surface area contributed by atoms with Crippen molar-refractivity contribution < 1.29 is 29.0 Å². The average molecular weight is 505 g/mol. The highest BCUT2D eigenvalue weighted by Crippen LogP contribution is 2.63. The Bertz CT molecular complexity index is 844. The smallest absolute Gasteiger partial charge is 0.312 e. The van der Waals surface area contributed by atoms with Crippen LogP contribution in [0.15, 0.2) is 25.3 Å². The molecule has 8 heteroatoms. The average Bonchev–Trinajstić information content (AvgIpc) is 3.40. The van der Waals surface area contributed by atoms with Gasteiger partial charge in [-0.2, -0.15) is 0 Å². The Balaban J connectivity index is 1.93. The van der Waals surface area contributed by atoms with E-state index in [9.17, 15) is 14.4 Å². The molecule has 0 aromatic heterocycles. The second-order valence-electron chi connectivity index (χ2n) is 10.9. The summed E-state index contributed by atoms with van der Waals surface area (Å²) in [7, 11) is 0. The number of hydrogen-bond donors (Lipinski definition) is 1. The maximum Gasteiger partial charge on any atom is 0.312 e. The second-order valence-corrected chi connectivity index (χ2v) is 10.9. The van der Waals surface area contributed by atoms with Gasteiger partial charge in [-0.1, -0.05) is 25.0 Å². The Morgan fingerprint density at radius 2 is 1.92 bits per heavy atom. The van der Waals surface area contributed by atoms with Crippen molar-refractivity contribution in [1.29, 1.82) is 0 Å². The number of allylic oxidation sites excluding steroid dienone is 1. The topological polar surface area (TPSA) is 96.4 Å². The van der Waals surface area contributed by atoms with Crippen LogP contribution >= 0.6 is 0 Å². The molecule has 0 radical (unpaired) electrons. The fourth-order valence-corrected chi connectivity index (χ4v) is 6.39. The fraction of sp³-hybridized carbons (Fsp3) is 0.750. The van der Waals surface area contributed by atoms with Gasteiger partial charge in [0.2, 0.25) is 11.8 Å². The molecule has 3 aliphatic heterocycles. The Kier molecular flexibility index (Phi) is 9.39. The van der Waals surface area contributed by atoms with Crippen molar-refractivity contribution in [3.05, 3.63) is 25.3 Å². The summed E-state index contributed by atoms with van der Waals surface area (Å²) in [4.78, 5) is 44.8. The molecule has 0 aliphatic carbocycles. The van der Waals surface area contributed by atoms with Gasteiger partial charge >= 0.3 is 5.97 Å². The molecule has 2 unspecified atom stereocenters. The van der Waals surface area contributed by atoms with Crippen LogP contribution in [0, 0.1) is 11.8 Å². The monoisotopic (exact) mass is 504 g/mol. The minimum Gasteiger partial charge on any atom is -0.465 e. The normalized spacial score (nSPS) is 30.5. The Labute approximate surface area is 215 Å². The SMILES string of the molecule is C=CCCCOC(=O)[C@@H]1[C@H]2C(=O)N(CCCCCCO)C(C(=O)N(CC=C)C(C)C)C23CC[C@@]1(C)O3. The highest BCUT2D eigenvalue weighted by atomic mass is 16.6. The molecule has 8 nitrogen and oxygen atoms in total. The molecular formula is C28H44N2O6. The van der Waals surface area contributed by atoms with Crippen molar-refractivity contribution >= 4 is 17.8 Å². The molecule has 2 bridgehead atoms. The number of carbonyl (C=O) groups is 3. The Hall–Kier alpha value is -2.19. The molecule has 2 amide bonds. The van der Waals surface area contributed by atoms with E-state index in [1.165, 1.54) is 0 Å². The predicted octanol–water partition coefficient (Wildman–Crippen LogP) is 3.24. The van der Waals surface area contributed by atoms with Crippen LogP contribution in [0.5, 0.6) is 0 Å². The van der Waals surface area contributed by atoms with Gasteiger partial charge in [-0.3, -0.25) is 14.4 Å². The second kappa shape index (κ2) is 11.9. The zero-order chi connectivity index (χ0) is 26.5. The first-order valence-corrected chi connectivity index (χ1v) is 13.5. The number of carbonyl (C=O) groups excluding carboxylic acids is 3. The first-order valence-electron chi connectivity index (χ1n) is 13.5. The van der Waals surface area contributed by atoms with Gasteiger partial charge in [-0.25, -0.2) is 0 Å². The van der Waals surface area contributed by atoms with Gasteiger partial charge < -0.3 is 24.4 Å². The van der Waals surface area contributed by atoms with Crippen LogP contribution in [-0.4, -0.2) is 82.3 Å². The van der Waals surface area contributed by atoms with E-state index in [0.717, 1.165) is 25.7 Å². The standard InChI is InChI=1S/C28H44N2O6/c1-6-8-13-19-35-26(34)22-21-24(32)30(17-11-9-10-12-18-31)23(25(33)29(16-7-2)20(3)4)28(21)15-14-27(22,5)36-28/h6-7,20-23,31H,1-2,8-19H2,3-5H3/t21-,22-,23?,27+,28?/m0/s1. The molecule has 36 heavy (non-hydrogen) atoms. The number of nitrogens with zero attached hydrogens (tertiary/aromatic N) is 2. The zero-order valence-electron chi connectivity index (χ0n) is 22.2. The molecule has 3 rings (SSSR count). The zero-order valence-corrected chi connectivity index (χ0v) is 22.2.